The number of nitrogens with two attached hydrogens (primary N) is 1. The first kappa shape index (κ1) is 17.8. The van der Waals surface area contributed by atoms with Crippen molar-refractivity contribution in [3.63, 3.8) is 0 Å². The Kier molecular flexibility index (Phi) is 4.57. The van der Waals surface area contributed by atoms with Crippen molar-refractivity contribution in [2.75, 3.05) is 5.73 Å². The molecule has 4 rings (SSSR count). The smallest absolute Gasteiger partial charge is 0.326 e. The van der Waals surface area contributed by atoms with E-state index >= 15 is 0 Å². The van der Waals surface area contributed by atoms with Crippen LogP contribution in [0.5, 0.6) is 0 Å². The van der Waals surface area contributed by atoms with Crippen LogP contribution in [0.3, 0.4) is 0 Å². The normalized spacial score (nSPS) is 15.6. The lowest BCUT2D eigenvalue weighted by Gasteiger charge is -2.28. The van der Waals surface area contributed by atoms with Crippen molar-refractivity contribution in [1.82, 2.24) is 15.3 Å². The number of carbonyl (C=O) groups is 1. The van der Waals surface area contributed by atoms with E-state index < -0.39 is 17.2 Å². The van der Waals surface area contributed by atoms with Gasteiger partial charge in [-0.1, -0.05) is 48.5 Å². The first-order chi connectivity index (χ1) is 13.5. The molecule has 1 aromatic heterocycles. The minimum Gasteiger partial charge on any atom is -0.392 e. The fourth-order valence-corrected chi connectivity index (χ4v) is 3.79. The van der Waals surface area contributed by atoms with Crippen LogP contribution in [0.4, 0.5) is 5.69 Å². The molecule has 0 radical (unpaired) electrons. The van der Waals surface area contributed by atoms with Gasteiger partial charge in [-0.3, -0.25) is 14.6 Å². The standard InChI is InChI=1S/C21H20N4O3/c22-17-18(24-21(28)25-19(17)26)20(27)23-16-11-5-9-14-13(8-4-10-15(14)16)12-6-2-1-3-7-12/h1-4,6-8,10,16H,5,9,11,22H2,(H,23,27)(H2,24,25,26,28). The lowest BCUT2D eigenvalue weighted by atomic mass is 9.83. The number of hydrogen-bond acceptors (Lipinski definition) is 4. The maximum Gasteiger partial charge on any atom is 0.326 e. The van der Waals surface area contributed by atoms with Crippen molar-refractivity contribution in [2.24, 2.45) is 0 Å². The third kappa shape index (κ3) is 3.22. The van der Waals surface area contributed by atoms with Crippen LogP contribution in [-0.4, -0.2) is 15.9 Å². The maximum atomic E-state index is 12.7. The highest BCUT2D eigenvalue weighted by Gasteiger charge is 2.25. The van der Waals surface area contributed by atoms with Gasteiger partial charge < -0.3 is 16.0 Å². The van der Waals surface area contributed by atoms with E-state index in [-0.39, 0.29) is 17.4 Å². The van der Waals surface area contributed by atoms with Crippen LogP contribution in [0.15, 0.2) is 58.1 Å². The minimum atomic E-state index is -0.774. The largest absolute Gasteiger partial charge is 0.392 e. The summed E-state index contributed by atoms with van der Waals surface area (Å²) in [7, 11) is 0. The van der Waals surface area contributed by atoms with E-state index in [1.165, 1.54) is 5.56 Å². The molecule has 7 nitrogen and oxygen atoms in total. The van der Waals surface area contributed by atoms with E-state index in [1.807, 2.05) is 35.3 Å². The third-order valence-electron chi connectivity index (χ3n) is 5.10. The predicted molar refractivity (Wildman–Crippen MR) is 107 cm³/mol. The number of nitrogens with one attached hydrogen (secondary N) is 3. The van der Waals surface area contributed by atoms with Crippen LogP contribution in [0.25, 0.3) is 11.1 Å². The molecule has 0 saturated heterocycles. The highest BCUT2D eigenvalue weighted by molar-refractivity contribution is 5.97. The summed E-state index contributed by atoms with van der Waals surface area (Å²) >= 11 is 0. The van der Waals surface area contributed by atoms with E-state index in [2.05, 4.69) is 28.5 Å². The Morgan fingerprint density at radius 3 is 2.61 bits per heavy atom. The van der Waals surface area contributed by atoms with Crippen molar-refractivity contribution < 1.29 is 4.79 Å². The molecule has 28 heavy (non-hydrogen) atoms. The molecule has 7 heteroatoms. The predicted octanol–water partition coefficient (Wildman–Crippen LogP) is 2.12. The quantitative estimate of drug-likeness (QED) is 0.559. The first-order valence-electron chi connectivity index (χ1n) is 9.14. The zero-order valence-electron chi connectivity index (χ0n) is 15.1. The van der Waals surface area contributed by atoms with Crippen molar-refractivity contribution in [3.8, 4) is 11.1 Å². The average molecular weight is 376 g/mol. The second kappa shape index (κ2) is 7.19. The van der Waals surface area contributed by atoms with Gasteiger partial charge in [0, 0.05) is 0 Å². The maximum absolute atomic E-state index is 12.7. The SMILES string of the molecule is Nc1c(C(=O)NC2CCCc3c(-c4ccccc4)cccc32)[nH]c(=O)[nH]c1=O. The van der Waals surface area contributed by atoms with Crippen LogP contribution in [0.1, 0.15) is 40.5 Å². The number of aromatic amines is 2. The lowest BCUT2D eigenvalue weighted by molar-refractivity contribution is 0.0928. The molecule has 5 N–H and O–H groups in total. The van der Waals surface area contributed by atoms with E-state index in [1.54, 1.807) is 0 Å². The van der Waals surface area contributed by atoms with Crippen LogP contribution >= 0.6 is 0 Å². The van der Waals surface area contributed by atoms with Crippen LogP contribution < -0.4 is 22.3 Å². The van der Waals surface area contributed by atoms with Gasteiger partial charge in [0.15, 0.2) is 0 Å². The number of carbonyl (C=O) groups excluding carboxylic acids is 1. The molecule has 3 aromatic rings. The fourth-order valence-electron chi connectivity index (χ4n) is 3.79. The monoisotopic (exact) mass is 376 g/mol. The number of hydrogen-bond donors (Lipinski definition) is 4. The van der Waals surface area contributed by atoms with Gasteiger partial charge in [0.2, 0.25) is 0 Å². The van der Waals surface area contributed by atoms with Gasteiger partial charge in [0.1, 0.15) is 11.4 Å². The van der Waals surface area contributed by atoms with Crippen molar-refractivity contribution in [1.29, 1.82) is 0 Å². The topological polar surface area (TPSA) is 121 Å². The van der Waals surface area contributed by atoms with Crippen LogP contribution in [0.2, 0.25) is 0 Å². The zero-order valence-corrected chi connectivity index (χ0v) is 15.1. The lowest BCUT2D eigenvalue weighted by Crippen LogP contribution is -2.36. The summed E-state index contributed by atoms with van der Waals surface area (Å²) < 4.78 is 0. The second-order valence-electron chi connectivity index (χ2n) is 6.85. The van der Waals surface area contributed by atoms with Crippen molar-refractivity contribution in [2.45, 2.75) is 25.3 Å². The molecule has 1 heterocycles. The Morgan fingerprint density at radius 2 is 1.82 bits per heavy atom. The number of aromatic nitrogens is 2. The van der Waals surface area contributed by atoms with E-state index in [0.717, 1.165) is 36.0 Å². The molecule has 1 atom stereocenters. The molecule has 1 aliphatic carbocycles. The van der Waals surface area contributed by atoms with Gasteiger partial charge in [0.05, 0.1) is 6.04 Å². The van der Waals surface area contributed by atoms with Gasteiger partial charge >= 0.3 is 5.69 Å². The molecule has 1 unspecified atom stereocenters. The summed E-state index contributed by atoms with van der Waals surface area (Å²) in [5, 5.41) is 2.92. The molecule has 0 aliphatic heterocycles. The first-order valence-corrected chi connectivity index (χ1v) is 9.14. The van der Waals surface area contributed by atoms with E-state index in [9.17, 15) is 14.4 Å². The number of benzene rings is 2. The number of amides is 1. The van der Waals surface area contributed by atoms with Crippen LogP contribution in [-0.2, 0) is 6.42 Å². The Hall–Kier alpha value is -3.61. The highest BCUT2D eigenvalue weighted by Crippen LogP contribution is 2.36. The fraction of sp³-hybridized carbons (Fsp3) is 0.190. The molecular formula is C21H20N4O3. The molecule has 142 valence electrons. The van der Waals surface area contributed by atoms with Crippen molar-refractivity contribution >= 4 is 11.6 Å². The Balaban J connectivity index is 1.69. The van der Waals surface area contributed by atoms with Crippen LogP contribution in [0, 0.1) is 0 Å². The summed E-state index contributed by atoms with van der Waals surface area (Å²) in [4.78, 5) is 40.2. The Bertz CT molecular complexity index is 1150. The minimum absolute atomic E-state index is 0.208. The summed E-state index contributed by atoms with van der Waals surface area (Å²) in [6.07, 6.45) is 2.62. The average Bonchev–Trinajstić information content (AvgIpc) is 2.71. The zero-order chi connectivity index (χ0) is 19.7. The number of fused-ring (bicyclic) bond motifs is 1. The third-order valence-corrected chi connectivity index (χ3v) is 5.10. The van der Waals surface area contributed by atoms with Gasteiger partial charge in [-0.05, 0) is 41.5 Å². The Morgan fingerprint density at radius 1 is 1.04 bits per heavy atom. The number of nitrogen functional groups attached to an aromatic ring is 1. The van der Waals surface area contributed by atoms with Gasteiger partial charge in [-0.2, -0.15) is 0 Å². The molecule has 0 spiro atoms. The molecule has 1 amide bonds. The number of anilines is 1. The second-order valence-corrected chi connectivity index (χ2v) is 6.85. The summed E-state index contributed by atoms with van der Waals surface area (Å²) in [6.45, 7) is 0. The highest BCUT2D eigenvalue weighted by atomic mass is 16.2. The van der Waals surface area contributed by atoms with Gasteiger partial charge in [-0.25, -0.2) is 4.79 Å². The van der Waals surface area contributed by atoms with Crippen molar-refractivity contribution in [3.05, 3.63) is 86.2 Å². The summed E-state index contributed by atoms with van der Waals surface area (Å²) in [5.74, 6) is -0.566. The van der Waals surface area contributed by atoms with E-state index in [0.29, 0.717) is 0 Å². The summed E-state index contributed by atoms with van der Waals surface area (Å²) in [5.41, 5.74) is 8.17. The number of rotatable bonds is 3. The number of H-pyrrole nitrogens is 2. The summed E-state index contributed by atoms with van der Waals surface area (Å²) in [6, 6.07) is 16.0. The van der Waals surface area contributed by atoms with Gasteiger partial charge in [-0.15, -0.1) is 0 Å². The molecule has 0 bridgehead atoms. The Labute approximate surface area is 160 Å². The molecular weight excluding hydrogens is 356 g/mol. The molecule has 0 fully saturated rings. The molecule has 1 aliphatic rings. The van der Waals surface area contributed by atoms with E-state index in [4.69, 9.17) is 5.73 Å². The molecule has 0 saturated carbocycles. The van der Waals surface area contributed by atoms with Gasteiger partial charge in [0.25, 0.3) is 11.5 Å². The molecule has 2 aromatic carbocycles.